The van der Waals surface area contributed by atoms with E-state index in [1.165, 1.54) is 5.56 Å². The Labute approximate surface area is 93.4 Å². The Morgan fingerprint density at radius 2 is 2.12 bits per heavy atom. The van der Waals surface area contributed by atoms with Gasteiger partial charge < -0.3 is 14.7 Å². The fourth-order valence-corrected chi connectivity index (χ4v) is 2.47. The molecule has 3 rings (SSSR count). The number of carbonyl (C=O) groups is 1. The Morgan fingerprint density at radius 3 is 2.75 bits per heavy atom. The van der Waals surface area contributed by atoms with Gasteiger partial charge in [0.05, 0.1) is 13.2 Å². The molecule has 0 aromatic heterocycles. The van der Waals surface area contributed by atoms with Crippen LogP contribution in [0.5, 0.6) is 0 Å². The Hall–Kier alpha value is -1.55. The van der Waals surface area contributed by atoms with E-state index in [0.29, 0.717) is 0 Å². The van der Waals surface area contributed by atoms with Crippen LogP contribution in [0.15, 0.2) is 24.3 Å². The second kappa shape index (κ2) is 3.22. The Bertz CT molecular complexity index is 440. The number of para-hydroxylation sites is 1. The van der Waals surface area contributed by atoms with Crippen molar-refractivity contribution < 1.29 is 14.6 Å². The topological polar surface area (TPSA) is 49.8 Å². The van der Waals surface area contributed by atoms with Gasteiger partial charge >= 0.3 is 5.97 Å². The molecule has 0 aliphatic carbocycles. The van der Waals surface area contributed by atoms with Gasteiger partial charge in [0, 0.05) is 12.2 Å². The summed E-state index contributed by atoms with van der Waals surface area (Å²) >= 11 is 0. The zero-order valence-electron chi connectivity index (χ0n) is 8.85. The summed E-state index contributed by atoms with van der Waals surface area (Å²) in [6.07, 6.45) is 0.922. The van der Waals surface area contributed by atoms with Crippen LogP contribution in [-0.4, -0.2) is 36.4 Å². The van der Waals surface area contributed by atoms with Crippen LogP contribution in [0.1, 0.15) is 5.56 Å². The van der Waals surface area contributed by atoms with Gasteiger partial charge in [-0.25, -0.2) is 4.79 Å². The van der Waals surface area contributed by atoms with E-state index in [1.54, 1.807) is 0 Å². The number of anilines is 1. The minimum atomic E-state index is -0.827. The lowest BCUT2D eigenvalue weighted by atomic mass is 9.95. The third kappa shape index (κ3) is 1.10. The monoisotopic (exact) mass is 219 g/mol. The lowest BCUT2D eigenvalue weighted by Gasteiger charge is -2.45. The summed E-state index contributed by atoms with van der Waals surface area (Å²) in [7, 11) is 0. The van der Waals surface area contributed by atoms with Crippen LogP contribution in [0.4, 0.5) is 5.69 Å². The summed E-state index contributed by atoms with van der Waals surface area (Å²) in [6, 6.07) is 8.00. The van der Waals surface area contributed by atoms with Gasteiger partial charge in [0.2, 0.25) is 0 Å². The maximum atomic E-state index is 11.4. The highest BCUT2D eigenvalue weighted by molar-refractivity contribution is 5.86. The predicted molar refractivity (Wildman–Crippen MR) is 58.7 cm³/mol. The molecule has 2 heterocycles. The number of fused-ring (bicyclic) bond motifs is 1. The van der Waals surface area contributed by atoms with Crippen molar-refractivity contribution in [3.63, 3.8) is 0 Å². The van der Waals surface area contributed by atoms with Crippen LogP contribution in [0.2, 0.25) is 0 Å². The first kappa shape index (κ1) is 9.66. The fourth-order valence-electron chi connectivity index (χ4n) is 2.47. The van der Waals surface area contributed by atoms with Crippen molar-refractivity contribution in [3.05, 3.63) is 29.8 Å². The first-order chi connectivity index (χ1) is 7.74. The zero-order chi connectivity index (χ0) is 11.2. The van der Waals surface area contributed by atoms with E-state index >= 15 is 0 Å². The van der Waals surface area contributed by atoms with Gasteiger partial charge in [-0.1, -0.05) is 18.2 Å². The molecule has 0 unspecified atom stereocenters. The van der Waals surface area contributed by atoms with Gasteiger partial charge in [0.1, 0.15) is 0 Å². The second-order valence-electron chi connectivity index (χ2n) is 4.36. The van der Waals surface area contributed by atoms with Gasteiger partial charge in [-0.05, 0) is 18.1 Å². The molecule has 4 nitrogen and oxygen atoms in total. The summed E-state index contributed by atoms with van der Waals surface area (Å²) in [4.78, 5) is 13.4. The molecule has 1 N–H and O–H groups in total. The number of hydrogen-bond donors (Lipinski definition) is 1. The van der Waals surface area contributed by atoms with E-state index in [0.717, 1.165) is 18.7 Å². The minimum absolute atomic E-state index is 0.288. The summed E-state index contributed by atoms with van der Waals surface area (Å²) in [6.45, 7) is 1.35. The molecule has 0 atom stereocenters. The van der Waals surface area contributed by atoms with Gasteiger partial charge in [0.15, 0.2) is 5.54 Å². The fraction of sp³-hybridized carbons (Fsp3) is 0.417. The molecule has 0 radical (unpaired) electrons. The van der Waals surface area contributed by atoms with Crippen molar-refractivity contribution in [2.75, 3.05) is 24.7 Å². The molecule has 0 amide bonds. The quantitative estimate of drug-likeness (QED) is 0.803. The highest BCUT2D eigenvalue weighted by Crippen LogP contribution is 2.37. The highest BCUT2D eigenvalue weighted by atomic mass is 16.5. The average Bonchev–Trinajstić information content (AvgIpc) is 2.61. The van der Waals surface area contributed by atoms with Crippen molar-refractivity contribution in [2.24, 2.45) is 0 Å². The van der Waals surface area contributed by atoms with Crippen LogP contribution in [-0.2, 0) is 16.0 Å². The molecule has 0 spiro atoms. The molecule has 84 valence electrons. The number of carboxylic acids is 1. The normalized spacial score (nSPS) is 21.4. The Morgan fingerprint density at radius 1 is 1.38 bits per heavy atom. The van der Waals surface area contributed by atoms with Gasteiger partial charge in [-0.2, -0.15) is 0 Å². The minimum Gasteiger partial charge on any atom is -0.479 e. The molecule has 0 bridgehead atoms. The molecule has 16 heavy (non-hydrogen) atoms. The van der Waals surface area contributed by atoms with Crippen LogP contribution in [0, 0.1) is 0 Å². The van der Waals surface area contributed by atoms with Crippen molar-refractivity contribution in [3.8, 4) is 0 Å². The molecule has 1 aromatic carbocycles. The van der Waals surface area contributed by atoms with E-state index in [9.17, 15) is 9.90 Å². The number of benzene rings is 1. The first-order valence-corrected chi connectivity index (χ1v) is 5.41. The molecule has 2 aliphatic heterocycles. The molecule has 1 aromatic rings. The van der Waals surface area contributed by atoms with Gasteiger partial charge in [0.25, 0.3) is 0 Å². The average molecular weight is 219 g/mol. The van der Waals surface area contributed by atoms with E-state index < -0.39 is 11.5 Å². The van der Waals surface area contributed by atoms with Crippen molar-refractivity contribution in [1.82, 2.24) is 0 Å². The lowest BCUT2D eigenvalue weighted by molar-refractivity contribution is -0.161. The number of ether oxygens (including phenoxy) is 1. The van der Waals surface area contributed by atoms with Crippen molar-refractivity contribution in [1.29, 1.82) is 0 Å². The molecule has 0 saturated carbocycles. The molecule has 4 heteroatoms. The third-order valence-corrected chi connectivity index (χ3v) is 3.48. The van der Waals surface area contributed by atoms with E-state index in [4.69, 9.17) is 4.74 Å². The first-order valence-electron chi connectivity index (χ1n) is 5.41. The number of rotatable bonds is 2. The molecular weight excluding hydrogens is 206 g/mol. The standard InChI is InChI=1S/C12H13NO3/c14-11(15)12(7-16-8-12)13-6-5-9-3-1-2-4-10(9)13/h1-4H,5-8H2,(H,14,15). The largest absolute Gasteiger partial charge is 0.479 e. The summed E-state index contributed by atoms with van der Waals surface area (Å²) in [5.74, 6) is -0.782. The molecule has 1 saturated heterocycles. The Balaban J connectivity index is 2.01. The third-order valence-electron chi connectivity index (χ3n) is 3.48. The maximum absolute atomic E-state index is 11.4. The van der Waals surface area contributed by atoms with E-state index in [2.05, 4.69) is 6.07 Å². The smallest absolute Gasteiger partial charge is 0.334 e. The molecule has 2 aliphatic rings. The summed E-state index contributed by atoms with van der Waals surface area (Å²) in [5, 5.41) is 9.35. The number of hydrogen-bond acceptors (Lipinski definition) is 3. The van der Waals surface area contributed by atoms with E-state index in [1.807, 2.05) is 23.1 Å². The highest BCUT2D eigenvalue weighted by Gasteiger charge is 2.52. The van der Waals surface area contributed by atoms with E-state index in [-0.39, 0.29) is 13.2 Å². The van der Waals surface area contributed by atoms with Gasteiger partial charge in [-0.15, -0.1) is 0 Å². The maximum Gasteiger partial charge on any atom is 0.334 e. The summed E-state index contributed by atoms with van der Waals surface area (Å²) in [5.41, 5.74) is 1.45. The summed E-state index contributed by atoms with van der Waals surface area (Å²) < 4.78 is 5.10. The van der Waals surface area contributed by atoms with Crippen LogP contribution in [0.25, 0.3) is 0 Å². The van der Waals surface area contributed by atoms with Gasteiger partial charge in [-0.3, -0.25) is 0 Å². The molecular formula is C12H13NO3. The SMILES string of the molecule is O=C(O)C1(N2CCc3ccccc32)COC1. The Kier molecular flexibility index (Phi) is 1.94. The van der Waals surface area contributed by atoms with Crippen molar-refractivity contribution >= 4 is 11.7 Å². The lowest BCUT2D eigenvalue weighted by Crippen LogP contribution is -2.67. The van der Waals surface area contributed by atoms with Crippen molar-refractivity contribution in [2.45, 2.75) is 12.0 Å². The number of aliphatic carboxylic acids is 1. The van der Waals surface area contributed by atoms with Crippen LogP contribution in [0.3, 0.4) is 0 Å². The number of carboxylic acid groups (broad SMARTS) is 1. The van der Waals surface area contributed by atoms with Crippen LogP contribution >= 0.6 is 0 Å². The second-order valence-corrected chi connectivity index (χ2v) is 4.36. The predicted octanol–water partition coefficient (Wildman–Crippen LogP) is 0.903. The van der Waals surface area contributed by atoms with Crippen LogP contribution < -0.4 is 4.90 Å². The number of nitrogens with zero attached hydrogens (tertiary/aromatic N) is 1. The zero-order valence-corrected chi connectivity index (χ0v) is 8.85. The molecule has 1 fully saturated rings.